The van der Waals surface area contributed by atoms with Gasteiger partial charge in [0.2, 0.25) is 0 Å². The third-order valence-electron chi connectivity index (χ3n) is 5.76. The highest BCUT2D eigenvalue weighted by Crippen LogP contribution is 2.36. The predicted molar refractivity (Wildman–Crippen MR) is 84.1 cm³/mol. The van der Waals surface area contributed by atoms with Gasteiger partial charge in [-0.3, -0.25) is 0 Å². The summed E-state index contributed by atoms with van der Waals surface area (Å²) in [5.41, 5.74) is 6.11. The zero-order valence-corrected chi connectivity index (χ0v) is 13.1. The zero-order valence-electron chi connectivity index (χ0n) is 13.1. The lowest BCUT2D eigenvalue weighted by Gasteiger charge is -2.30. The van der Waals surface area contributed by atoms with Gasteiger partial charge in [-0.2, -0.15) is 0 Å². The van der Waals surface area contributed by atoms with Gasteiger partial charge >= 0.3 is 0 Å². The van der Waals surface area contributed by atoms with Gasteiger partial charge in [-0.1, -0.05) is 77.6 Å². The van der Waals surface area contributed by atoms with Crippen molar-refractivity contribution in [2.45, 2.75) is 96.4 Å². The molecule has 2 N–H and O–H groups in total. The standard InChI is InChI=1S/C18H35N/c1-15-7-2-3-9-16(10-4-8-15)17-11-5-13-18(19)14-6-12-17/h15-18H,2-14,19H2,1H3/t15-,16?,17?,18?/m1/s1. The Balaban J connectivity index is 1.83. The monoisotopic (exact) mass is 265 g/mol. The van der Waals surface area contributed by atoms with Crippen LogP contribution in [0.2, 0.25) is 0 Å². The quantitative estimate of drug-likeness (QED) is 0.685. The Morgan fingerprint density at radius 2 is 1.00 bits per heavy atom. The van der Waals surface area contributed by atoms with Crippen molar-refractivity contribution < 1.29 is 0 Å². The van der Waals surface area contributed by atoms with Crippen LogP contribution in [-0.4, -0.2) is 6.04 Å². The topological polar surface area (TPSA) is 26.0 Å². The summed E-state index contributed by atoms with van der Waals surface area (Å²) < 4.78 is 0. The number of rotatable bonds is 1. The molecular formula is C18H35N. The maximum atomic E-state index is 6.11. The van der Waals surface area contributed by atoms with Crippen molar-refractivity contribution >= 4 is 0 Å². The van der Waals surface area contributed by atoms with E-state index in [1.54, 1.807) is 0 Å². The van der Waals surface area contributed by atoms with Crippen molar-refractivity contribution in [2.75, 3.05) is 0 Å². The molecule has 2 aliphatic carbocycles. The van der Waals surface area contributed by atoms with Crippen molar-refractivity contribution in [3.05, 3.63) is 0 Å². The minimum Gasteiger partial charge on any atom is -0.328 e. The van der Waals surface area contributed by atoms with Crippen LogP contribution in [0, 0.1) is 17.8 Å². The van der Waals surface area contributed by atoms with Gasteiger partial charge in [0.05, 0.1) is 0 Å². The van der Waals surface area contributed by atoms with Crippen LogP contribution in [0.1, 0.15) is 90.4 Å². The van der Waals surface area contributed by atoms with Crippen LogP contribution in [0.4, 0.5) is 0 Å². The second kappa shape index (κ2) is 8.29. The molecule has 0 heterocycles. The van der Waals surface area contributed by atoms with Gasteiger partial charge in [0, 0.05) is 6.04 Å². The lowest BCUT2D eigenvalue weighted by atomic mass is 9.77. The average molecular weight is 265 g/mol. The van der Waals surface area contributed by atoms with Crippen LogP contribution in [-0.2, 0) is 0 Å². The molecule has 19 heavy (non-hydrogen) atoms. The molecule has 2 rings (SSSR count). The molecule has 1 heteroatoms. The Bertz CT molecular complexity index is 228. The fourth-order valence-electron chi connectivity index (χ4n) is 4.43. The molecule has 2 aliphatic rings. The molecule has 0 aromatic rings. The lowest BCUT2D eigenvalue weighted by Crippen LogP contribution is -2.24. The molecule has 0 aromatic carbocycles. The van der Waals surface area contributed by atoms with Crippen molar-refractivity contribution in [1.29, 1.82) is 0 Å². The number of hydrogen-bond donors (Lipinski definition) is 1. The largest absolute Gasteiger partial charge is 0.328 e. The van der Waals surface area contributed by atoms with Gasteiger partial charge in [0.1, 0.15) is 0 Å². The van der Waals surface area contributed by atoms with Crippen LogP contribution < -0.4 is 5.73 Å². The van der Waals surface area contributed by atoms with E-state index in [1.807, 2.05) is 0 Å². The van der Waals surface area contributed by atoms with Crippen LogP contribution >= 0.6 is 0 Å². The molecule has 0 aromatic heterocycles. The zero-order chi connectivity index (χ0) is 13.5. The summed E-state index contributed by atoms with van der Waals surface area (Å²) in [6, 6.07) is 0.502. The second-order valence-electron chi connectivity index (χ2n) is 7.46. The summed E-state index contributed by atoms with van der Waals surface area (Å²) in [5, 5.41) is 0. The summed E-state index contributed by atoms with van der Waals surface area (Å²) in [7, 11) is 0. The first-order valence-corrected chi connectivity index (χ1v) is 9.01. The molecule has 2 saturated carbocycles. The molecule has 0 amide bonds. The average Bonchev–Trinajstić information content (AvgIpc) is 2.46. The normalized spacial score (nSPS) is 39.5. The highest BCUT2D eigenvalue weighted by molar-refractivity contribution is 4.77. The maximum Gasteiger partial charge on any atom is 0.00388 e. The van der Waals surface area contributed by atoms with E-state index in [2.05, 4.69) is 6.92 Å². The molecule has 1 unspecified atom stereocenters. The van der Waals surface area contributed by atoms with E-state index in [0.717, 1.165) is 17.8 Å². The molecule has 112 valence electrons. The molecule has 0 radical (unpaired) electrons. The van der Waals surface area contributed by atoms with Gasteiger partial charge in [-0.25, -0.2) is 0 Å². The van der Waals surface area contributed by atoms with E-state index in [9.17, 15) is 0 Å². The number of nitrogens with two attached hydrogens (primary N) is 1. The predicted octanol–water partition coefficient (Wildman–Crippen LogP) is 5.28. The van der Waals surface area contributed by atoms with Gasteiger partial charge in [-0.05, 0) is 30.6 Å². The molecule has 1 nitrogen and oxygen atoms in total. The van der Waals surface area contributed by atoms with Crippen molar-refractivity contribution in [1.82, 2.24) is 0 Å². The third kappa shape index (κ3) is 5.45. The van der Waals surface area contributed by atoms with Crippen molar-refractivity contribution in [3.8, 4) is 0 Å². The maximum absolute atomic E-state index is 6.11. The first-order chi connectivity index (χ1) is 9.25. The fourth-order valence-corrected chi connectivity index (χ4v) is 4.43. The summed E-state index contributed by atoms with van der Waals surface area (Å²) in [6.07, 6.45) is 18.7. The van der Waals surface area contributed by atoms with Gasteiger partial charge in [-0.15, -0.1) is 0 Å². The van der Waals surface area contributed by atoms with Crippen molar-refractivity contribution in [3.63, 3.8) is 0 Å². The lowest BCUT2D eigenvalue weighted by molar-refractivity contribution is 0.227. The highest BCUT2D eigenvalue weighted by Gasteiger charge is 2.23. The van der Waals surface area contributed by atoms with Gasteiger partial charge in [0.15, 0.2) is 0 Å². The minimum atomic E-state index is 0.502. The van der Waals surface area contributed by atoms with E-state index >= 15 is 0 Å². The Labute approximate surface area is 120 Å². The summed E-state index contributed by atoms with van der Waals surface area (Å²) in [6.45, 7) is 2.46. The Morgan fingerprint density at radius 3 is 1.63 bits per heavy atom. The summed E-state index contributed by atoms with van der Waals surface area (Å²) in [4.78, 5) is 0. The Kier molecular flexibility index (Phi) is 6.70. The minimum absolute atomic E-state index is 0.502. The Hall–Kier alpha value is -0.0400. The molecule has 0 spiro atoms. The number of hydrogen-bond acceptors (Lipinski definition) is 1. The summed E-state index contributed by atoms with van der Waals surface area (Å²) >= 11 is 0. The third-order valence-corrected chi connectivity index (χ3v) is 5.76. The van der Waals surface area contributed by atoms with Crippen LogP contribution in [0.25, 0.3) is 0 Å². The van der Waals surface area contributed by atoms with Gasteiger partial charge < -0.3 is 5.73 Å². The second-order valence-corrected chi connectivity index (χ2v) is 7.46. The molecule has 0 saturated heterocycles. The molecule has 0 aliphatic heterocycles. The molecule has 2 atom stereocenters. The smallest absolute Gasteiger partial charge is 0.00388 e. The fraction of sp³-hybridized carbons (Fsp3) is 1.00. The van der Waals surface area contributed by atoms with Crippen LogP contribution in [0.15, 0.2) is 0 Å². The first kappa shape index (κ1) is 15.4. The van der Waals surface area contributed by atoms with E-state index in [1.165, 1.54) is 83.5 Å². The Morgan fingerprint density at radius 1 is 0.579 bits per heavy atom. The van der Waals surface area contributed by atoms with E-state index < -0.39 is 0 Å². The van der Waals surface area contributed by atoms with Crippen LogP contribution in [0.3, 0.4) is 0 Å². The van der Waals surface area contributed by atoms with Gasteiger partial charge in [0.25, 0.3) is 0 Å². The van der Waals surface area contributed by atoms with E-state index in [4.69, 9.17) is 5.73 Å². The molecule has 0 bridgehead atoms. The van der Waals surface area contributed by atoms with Crippen LogP contribution in [0.5, 0.6) is 0 Å². The van der Waals surface area contributed by atoms with Crippen molar-refractivity contribution in [2.24, 2.45) is 23.5 Å². The molecule has 2 fully saturated rings. The highest BCUT2D eigenvalue weighted by atomic mass is 14.6. The SMILES string of the molecule is C[C@@H]1CCCCC(C2CCCC(N)CCC2)CCC1. The van der Waals surface area contributed by atoms with E-state index in [0.29, 0.717) is 6.04 Å². The molecular weight excluding hydrogens is 230 g/mol. The first-order valence-electron chi connectivity index (χ1n) is 9.01. The van der Waals surface area contributed by atoms with E-state index in [-0.39, 0.29) is 0 Å². The summed E-state index contributed by atoms with van der Waals surface area (Å²) in [5.74, 6) is 3.05.